The first-order valence-electron chi connectivity index (χ1n) is 5.64. The maximum absolute atomic E-state index is 11.5. The zero-order chi connectivity index (χ0) is 13.8. The summed E-state index contributed by atoms with van der Waals surface area (Å²) >= 11 is 1.20. The van der Waals surface area contributed by atoms with Crippen molar-refractivity contribution in [2.75, 3.05) is 5.73 Å². The average molecular weight is 276 g/mol. The van der Waals surface area contributed by atoms with Crippen molar-refractivity contribution < 1.29 is 0 Å². The summed E-state index contributed by atoms with van der Waals surface area (Å²) in [5.41, 5.74) is 6.35. The predicted molar refractivity (Wildman–Crippen MR) is 70.6 cm³/mol. The lowest BCUT2D eigenvalue weighted by atomic mass is 10.3. The zero-order valence-corrected chi connectivity index (χ0v) is 11.1. The van der Waals surface area contributed by atoms with Gasteiger partial charge in [-0.05, 0) is 24.2 Å². The molecule has 0 fully saturated rings. The van der Waals surface area contributed by atoms with E-state index in [-0.39, 0.29) is 5.69 Å². The van der Waals surface area contributed by atoms with Gasteiger partial charge in [0.1, 0.15) is 11.1 Å². The molecule has 0 aliphatic heterocycles. The van der Waals surface area contributed by atoms with Gasteiger partial charge in [0.15, 0.2) is 5.16 Å². The second kappa shape index (κ2) is 5.58. The van der Waals surface area contributed by atoms with Gasteiger partial charge in [0, 0.05) is 12.7 Å². The van der Waals surface area contributed by atoms with Gasteiger partial charge >= 0.3 is 5.69 Å². The van der Waals surface area contributed by atoms with Gasteiger partial charge in [-0.15, -0.1) is 5.10 Å². The Morgan fingerprint density at radius 2 is 2.42 bits per heavy atom. The van der Waals surface area contributed by atoms with Gasteiger partial charge in [0.05, 0.1) is 11.3 Å². The first-order chi connectivity index (χ1) is 9.15. The summed E-state index contributed by atoms with van der Waals surface area (Å²) in [5.74, 6) is 0. The van der Waals surface area contributed by atoms with Crippen molar-refractivity contribution in [1.82, 2.24) is 19.7 Å². The lowest BCUT2D eigenvalue weighted by Crippen LogP contribution is -2.17. The molecule has 0 spiro atoms. The highest BCUT2D eigenvalue weighted by Crippen LogP contribution is 2.28. The lowest BCUT2D eigenvalue weighted by molar-refractivity contribution is 0.603. The molecule has 2 aromatic rings. The van der Waals surface area contributed by atoms with Crippen LogP contribution >= 0.6 is 11.8 Å². The lowest BCUT2D eigenvalue weighted by Gasteiger charge is -2.05. The molecule has 0 unspecified atom stereocenters. The normalized spacial score (nSPS) is 10.3. The van der Waals surface area contributed by atoms with Gasteiger partial charge in [-0.1, -0.05) is 6.92 Å². The minimum Gasteiger partial charge on any atom is -0.396 e. The van der Waals surface area contributed by atoms with E-state index in [4.69, 9.17) is 11.0 Å². The minimum absolute atomic E-state index is 0.253. The highest BCUT2D eigenvalue weighted by Gasteiger charge is 2.12. The number of anilines is 1. The molecular formula is C11H12N6OS. The third-order valence-corrected chi connectivity index (χ3v) is 3.40. The molecule has 3 N–H and O–H groups in total. The highest BCUT2D eigenvalue weighted by atomic mass is 32.2. The third kappa shape index (κ3) is 2.77. The molecule has 0 saturated heterocycles. The van der Waals surface area contributed by atoms with Crippen molar-refractivity contribution >= 4 is 17.4 Å². The average Bonchev–Trinajstić information content (AvgIpc) is 2.74. The summed E-state index contributed by atoms with van der Waals surface area (Å²) < 4.78 is 1.53. The van der Waals surface area contributed by atoms with Crippen molar-refractivity contribution in [2.24, 2.45) is 0 Å². The molecule has 2 aromatic heterocycles. The topological polar surface area (TPSA) is 113 Å². The fourth-order valence-corrected chi connectivity index (χ4v) is 2.33. The summed E-state index contributed by atoms with van der Waals surface area (Å²) in [4.78, 5) is 15.6. The van der Waals surface area contributed by atoms with Gasteiger partial charge in [-0.25, -0.2) is 14.9 Å². The second-order valence-electron chi connectivity index (χ2n) is 3.80. The predicted octanol–water partition coefficient (Wildman–Crippen LogP) is 0.981. The molecule has 0 aliphatic rings. The number of nitriles is 1. The van der Waals surface area contributed by atoms with E-state index in [1.54, 1.807) is 6.07 Å². The molecule has 0 atom stereocenters. The number of hydrogen-bond acceptors (Lipinski definition) is 6. The SMILES string of the molecule is CCCn1c(Sc2ncc(C#N)cc2N)n[nH]c1=O. The fraction of sp³-hybridized carbons (Fsp3) is 0.273. The van der Waals surface area contributed by atoms with Crippen molar-refractivity contribution in [3.63, 3.8) is 0 Å². The van der Waals surface area contributed by atoms with Crippen molar-refractivity contribution in [1.29, 1.82) is 5.26 Å². The largest absolute Gasteiger partial charge is 0.396 e. The van der Waals surface area contributed by atoms with E-state index in [1.165, 1.54) is 22.5 Å². The van der Waals surface area contributed by atoms with Crippen LogP contribution in [0.2, 0.25) is 0 Å². The molecule has 2 heterocycles. The maximum atomic E-state index is 11.5. The third-order valence-electron chi connectivity index (χ3n) is 2.37. The van der Waals surface area contributed by atoms with Crippen LogP contribution in [0.5, 0.6) is 0 Å². The molecule has 0 aromatic carbocycles. The van der Waals surface area contributed by atoms with Crippen LogP contribution in [0.4, 0.5) is 5.69 Å². The van der Waals surface area contributed by atoms with Crippen molar-refractivity contribution in [2.45, 2.75) is 30.1 Å². The number of aromatic amines is 1. The van der Waals surface area contributed by atoms with Crippen LogP contribution in [0.15, 0.2) is 27.2 Å². The van der Waals surface area contributed by atoms with Gasteiger partial charge in [0.2, 0.25) is 0 Å². The monoisotopic (exact) mass is 276 g/mol. The Balaban J connectivity index is 2.32. The Morgan fingerprint density at radius 1 is 1.63 bits per heavy atom. The van der Waals surface area contributed by atoms with Crippen LogP contribution in [0.3, 0.4) is 0 Å². The molecular weight excluding hydrogens is 264 g/mol. The Hall–Kier alpha value is -2.27. The highest BCUT2D eigenvalue weighted by molar-refractivity contribution is 7.99. The summed E-state index contributed by atoms with van der Waals surface area (Å²) in [7, 11) is 0. The van der Waals surface area contributed by atoms with Crippen LogP contribution in [-0.4, -0.2) is 19.7 Å². The Kier molecular flexibility index (Phi) is 3.87. The van der Waals surface area contributed by atoms with Gasteiger partial charge in [0.25, 0.3) is 0 Å². The summed E-state index contributed by atoms with van der Waals surface area (Å²) in [5, 5.41) is 16.1. The molecule has 0 aliphatic carbocycles. The number of H-pyrrole nitrogens is 1. The molecule has 98 valence electrons. The van der Waals surface area contributed by atoms with Crippen molar-refractivity contribution in [3.05, 3.63) is 28.3 Å². The number of nitrogens with zero attached hydrogens (tertiary/aromatic N) is 4. The summed E-state index contributed by atoms with van der Waals surface area (Å²) in [6, 6.07) is 3.51. The van der Waals surface area contributed by atoms with Crippen molar-refractivity contribution in [3.8, 4) is 6.07 Å². The molecule has 2 rings (SSSR count). The molecule has 0 radical (unpaired) electrons. The Labute approximate surface area is 113 Å². The number of aromatic nitrogens is 4. The number of rotatable bonds is 4. The fourth-order valence-electron chi connectivity index (χ4n) is 1.50. The quantitative estimate of drug-likeness (QED) is 0.860. The van der Waals surface area contributed by atoms with E-state index in [1.807, 2.05) is 13.0 Å². The molecule has 7 nitrogen and oxygen atoms in total. The number of nitrogens with one attached hydrogen (secondary N) is 1. The van der Waals surface area contributed by atoms with Gasteiger partial charge in [-0.2, -0.15) is 5.26 Å². The minimum atomic E-state index is -0.253. The number of pyridine rings is 1. The zero-order valence-electron chi connectivity index (χ0n) is 10.3. The molecule has 19 heavy (non-hydrogen) atoms. The van der Waals surface area contributed by atoms with E-state index < -0.39 is 0 Å². The van der Waals surface area contributed by atoms with Crippen LogP contribution < -0.4 is 11.4 Å². The van der Waals surface area contributed by atoms with E-state index in [2.05, 4.69) is 15.2 Å². The number of hydrogen-bond donors (Lipinski definition) is 2. The van der Waals surface area contributed by atoms with Gasteiger partial charge < -0.3 is 5.73 Å². The second-order valence-corrected chi connectivity index (χ2v) is 4.75. The van der Waals surface area contributed by atoms with E-state index in [0.29, 0.717) is 28.0 Å². The van der Waals surface area contributed by atoms with E-state index in [9.17, 15) is 4.79 Å². The smallest absolute Gasteiger partial charge is 0.343 e. The molecule has 8 heteroatoms. The molecule has 0 saturated carbocycles. The Bertz CT molecular complexity index is 683. The summed E-state index contributed by atoms with van der Waals surface area (Å²) in [6.45, 7) is 2.55. The standard InChI is InChI=1S/C11H12N6OS/c1-2-3-17-10(18)15-16-11(17)19-9-8(13)4-7(5-12)6-14-9/h4,6H,2-3,13H2,1H3,(H,15,18). The number of nitrogen functional groups attached to an aromatic ring is 1. The van der Waals surface area contributed by atoms with E-state index >= 15 is 0 Å². The van der Waals surface area contributed by atoms with Crippen LogP contribution in [-0.2, 0) is 6.54 Å². The Morgan fingerprint density at radius 3 is 3.05 bits per heavy atom. The van der Waals surface area contributed by atoms with Crippen LogP contribution in [0, 0.1) is 11.3 Å². The first-order valence-corrected chi connectivity index (χ1v) is 6.46. The summed E-state index contributed by atoms with van der Waals surface area (Å²) in [6.07, 6.45) is 2.26. The van der Waals surface area contributed by atoms with E-state index in [0.717, 1.165) is 6.42 Å². The molecule has 0 bridgehead atoms. The first kappa shape index (κ1) is 13.2. The number of nitrogens with two attached hydrogens (primary N) is 1. The van der Waals surface area contributed by atoms with Gasteiger partial charge in [-0.3, -0.25) is 4.57 Å². The van der Waals surface area contributed by atoms with Crippen LogP contribution in [0.1, 0.15) is 18.9 Å². The maximum Gasteiger partial charge on any atom is 0.343 e. The molecule has 0 amide bonds. The van der Waals surface area contributed by atoms with Crippen LogP contribution in [0.25, 0.3) is 0 Å².